The Hall–Kier alpha value is -1.71. The number of hydrogen-bond acceptors (Lipinski definition) is 2. The van der Waals surface area contributed by atoms with Crippen molar-refractivity contribution in [2.75, 3.05) is 5.32 Å². The molecule has 2 aromatic rings. The number of hydrogen-bond donors (Lipinski definition) is 2. The maximum atomic E-state index is 11.1. The summed E-state index contributed by atoms with van der Waals surface area (Å²) in [7, 11) is 0. The third kappa shape index (κ3) is 3.65. The van der Waals surface area contributed by atoms with E-state index in [4.69, 9.17) is 28.9 Å². The molecule has 2 rings (SSSR count). The lowest BCUT2D eigenvalue weighted by Crippen LogP contribution is -2.15. The van der Waals surface area contributed by atoms with Gasteiger partial charge in [-0.15, -0.1) is 0 Å². The highest BCUT2D eigenvalue weighted by atomic mass is 35.5. The van der Waals surface area contributed by atoms with E-state index in [9.17, 15) is 4.79 Å². The highest BCUT2D eigenvalue weighted by Gasteiger charge is 2.08. The molecule has 0 aliphatic rings. The summed E-state index contributed by atoms with van der Waals surface area (Å²) in [6.45, 7) is 0.480. The Morgan fingerprint density at radius 3 is 2.35 bits per heavy atom. The molecule has 0 atom stereocenters. The van der Waals surface area contributed by atoms with Crippen LogP contribution < -0.4 is 11.1 Å². The number of primary amides is 1. The van der Waals surface area contributed by atoms with Crippen molar-refractivity contribution in [2.45, 2.75) is 13.0 Å². The van der Waals surface area contributed by atoms with Crippen LogP contribution in [0.25, 0.3) is 0 Å². The van der Waals surface area contributed by atoms with E-state index in [1.54, 1.807) is 18.2 Å². The Kier molecular flexibility index (Phi) is 4.88. The smallest absolute Gasteiger partial charge is 0.221 e. The van der Waals surface area contributed by atoms with Crippen LogP contribution in [0.15, 0.2) is 42.5 Å². The molecule has 3 nitrogen and oxygen atoms in total. The van der Waals surface area contributed by atoms with Gasteiger partial charge in [-0.3, -0.25) is 4.79 Å². The van der Waals surface area contributed by atoms with Gasteiger partial charge in [-0.05, 0) is 23.8 Å². The third-order valence-corrected chi connectivity index (χ3v) is 3.61. The van der Waals surface area contributed by atoms with Crippen molar-refractivity contribution in [3.05, 3.63) is 63.6 Å². The van der Waals surface area contributed by atoms with Gasteiger partial charge in [0.05, 0.1) is 6.42 Å². The van der Waals surface area contributed by atoms with E-state index in [0.29, 0.717) is 16.6 Å². The van der Waals surface area contributed by atoms with Crippen LogP contribution in [-0.4, -0.2) is 5.91 Å². The average Bonchev–Trinajstić information content (AvgIpc) is 2.39. The minimum absolute atomic E-state index is 0.194. The summed E-state index contributed by atoms with van der Waals surface area (Å²) in [6, 6.07) is 12.9. The maximum Gasteiger partial charge on any atom is 0.221 e. The largest absolute Gasteiger partial charge is 0.381 e. The molecule has 1 amide bonds. The van der Waals surface area contributed by atoms with Crippen molar-refractivity contribution in [1.29, 1.82) is 0 Å². The van der Waals surface area contributed by atoms with E-state index < -0.39 is 0 Å². The number of benzene rings is 2. The highest BCUT2D eigenvalue weighted by Crippen LogP contribution is 2.26. The van der Waals surface area contributed by atoms with Crippen LogP contribution in [0.3, 0.4) is 0 Å². The van der Waals surface area contributed by atoms with Crippen LogP contribution in [0.5, 0.6) is 0 Å². The lowest BCUT2D eigenvalue weighted by Gasteiger charge is -2.13. The molecule has 0 fully saturated rings. The summed E-state index contributed by atoms with van der Waals surface area (Å²) in [5, 5.41) is 4.46. The zero-order valence-electron chi connectivity index (χ0n) is 10.7. The minimum atomic E-state index is -0.366. The summed E-state index contributed by atoms with van der Waals surface area (Å²) < 4.78 is 0. The first kappa shape index (κ1) is 14.7. The van der Waals surface area contributed by atoms with Gasteiger partial charge in [-0.25, -0.2) is 0 Å². The SMILES string of the molecule is NC(=O)Cc1ccccc1NCc1c(Cl)cccc1Cl. The van der Waals surface area contributed by atoms with Gasteiger partial charge in [-0.2, -0.15) is 0 Å². The fourth-order valence-corrected chi connectivity index (χ4v) is 2.45. The summed E-state index contributed by atoms with van der Waals surface area (Å²) >= 11 is 12.2. The monoisotopic (exact) mass is 308 g/mol. The molecule has 0 radical (unpaired) electrons. The molecule has 0 heterocycles. The fourth-order valence-electron chi connectivity index (χ4n) is 1.92. The zero-order chi connectivity index (χ0) is 14.5. The Morgan fingerprint density at radius 2 is 1.70 bits per heavy atom. The van der Waals surface area contributed by atoms with E-state index in [2.05, 4.69) is 5.32 Å². The predicted octanol–water partition coefficient (Wildman–Crippen LogP) is 3.63. The molecule has 0 spiro atoms. The summed E-state index contributed by atoms with van der Waals surface area (Å²) in [4.78, 5) is 11.1. The molecule has 3 N–H and O–H groups in total. The van der Waals surface area contributed by atoms with E-state index in [0.717, 1.165) is 16.8 Å². The lowest BCUT2D eigenvalue weighted by atomic mass is 10.1. The van der Waals surface area contributed by atoms with Gasteiger partial charge in [0.25, 0.3) is 0 Å². The molecular weight excluding hydrogens is 295 g/mol. The molecule has 0 saturated heterocycles. The van der Waals surface area contributed by atoms with Gasteiger partial charge in [0.1, 0.15) is 0 Å². The molecule has 5 heteroatoms. The van der Waals surface area contributed by atoms with Crippen LogP contribution in [-0.2, 0) is 17.8 Å². The quantitative estimate of drug-likeness (QED) is 0.886. The van der Waals surface area contributed by atoms with Gasteiger partial charge in [0, 0.05) is 27.8 Å². The molecule has 20 heavy (non-hydrogen) atoms. The molecule has 0 aromatic heterocycles. The van der Waals surface area contributed by atoms with Gasteiger partial charge < -0.3 is 11.1 Å². The number of carbonyl (C=O) groups is 1. The molecule has 0 unspecified atom stereocenters. The van der Waals surface area contributed by atoms with Crippen molar-refractivity contribution in [2.24, 2.45) is 5.73 Å². The molecule has 0 bridgehead atoms. The Balaban J connectivity index is 2.17. The normalized spacial score (nSPS) is 10.3. The van der Waals surface area contributed by atoms with Crippen molar-refractivity contribution in [1.82, 2.24) is 0 Å². The van der Waals surface area contributed by atoms with Gasteiger partial charge in [-0.1, -0.05) is 47.5 Å². The number of halogens is 2. The number of anilines is 1. The Labute approximate surface area is 127 Å². The van der Waals surface area contributed by atoms with Crippen molar-refractivity contribution < 1.29 is 4.79 Å². The second-order valence-electron chi connectivity index (χ2n) is 4.35. The second-order valence-corrected chi connectivity index (χ2v) is 5.17. The Morgan fingerprint density at radius 1 is 1.05 bits per heavy atom. The Bertz CT molecular complexity index is 609. The van der Waals surface area contributed by atoms with E-state index in [-0.39, 0.29) is 12.3 Å². The number of rotatable bonds is 5. The van der Waals surface area contributed by atoms with Gasteiger partial charge >= 0.3 is 0 Å². The number of para-hydroxylation sites is 1. The average molecular weight is 309 g/mol. The first-order valence-electron chi connectivity index (χ1n) is 6.11. The van der Waals surface area contributed by atoms with Crippen LogP contribution in [0, 0.1) is 0 Å². The topological polar surface area (TPSA) is 55.1 Å². The second kappa shape index (κ2) is 6.64. The summed E-state index contributed by atoms with van der Waals surface area (Å²) in [5.74, 6) is -0.366. The molecular formula is C15H14Cl2N2O. The fraction of sp³-hybridized carbons (Fsp3) is 0.133. The highest BCUT2D eigenvalue weighted by molar-refractivity contribution is 6.36. The molecule has 2 aromatic carbocycles. The summed E-state index contributed by atoms with van der Waals surface area (Å²) in [6.07, 6.45) is 0.194. The molecule has 0 aliphatic carbocycles. The number of amides is 1. The number of nitrogens with two attached hydrogens (primary N) is 1. The van der Waals surface area contributed by atoms with E-state index in [1.165, 1.54) is 0 Å². The van der Waals surface area contributed by atoms with Gasteiger partial charge in [0.2, 0.25) is 5.91 Å². The third-order valence-electron chi connectivity index (χ3n) is 2.90. The lowest BCUT2D eigenvalue weighted by molar-refractivity contribution is -0.117. The molecule has 104 valence electrons. The van der Waals surface area contributed by atoms with Crippen LogP contribution in [0.1, 0.15) is 11.1 Å². The van der Waals surface area contributed by atoms with Crippen LogP contribution in [0.2, 0.25) is 10.0 Å². The van der Waals surface area contributed by atoms with Crippen molar-refractivity contribution >= 4 is 34.8 Å². The minimum Gasteiger partial charge on any atom is -0.381 e. The van der Waals surface area contributed by atoms with Crippen molar-refractivity contribution in [3.8, 4) is 0 Å². The first-order chi connectivity index (χ1) is 9.58. The standard InChI is InChI=1S/C15H14Cl2N2O/c16-12-5-3-6-13(17)11(12)9-19-14-7-2-1-4-10(14)8-15(18)20/h1-7,19H,8-9H2,(H2,18,20). The maximum absolute atomic E-state index is 11.1. The van der Waals surface area contributed by atoms with Gasteiger partial charge in [0.15, 0.2) is 0 Å². The zero-order valence-corrected chi connectivity index (χ0v) is 12.2. The number of carbonyl (C=O) groups excluding carboxylic acids is 1. The van der Waals surface area contributed by atoms with E-state index >= 15 is 0 Å². The van der Waals surface area contributed by atoms with E-state index in [1.807, 2.05) is 24.3 Å². The van der Waals surface area contributed by atoms with Crippen LogP contribution in [0.4, 0.5) is 5.69 Å². The molecule has 0 aliphatic heterocycles. The predicted molar refractivity (Wildman–Crippen MR) is 83.1 cm³/mol. The van der Waals surface area contributed by atoms with Crippen LogP contribution >= 0.6 is 23.2 Å². The van der Waals surface area contributed by atoms with Crippen molar-refractivity contribution in [3.63, 3.8) is 0 Å². The number of nitrogens with one attached hydrogen (secondary N) is 1. The summed E-state index contributed by atoms with van der Waals surface area (Å²) in [5.41, 5.74) is 7.76. The molecule has 0 saturated carbocycles. The first-order valence-corrected chi connectivity index (χ1v) is 6.86.